The number of benzene rings is 1. The average Bonchev–Trinajstić information content (AvgIpc) is 2.84. The van der Waals surface area contributed by atoms with Crippen molar-refractivity contribution < 1.29 is 9.90 Å². The van der Waals surface area contributed by atoms with Crippen LogP contribution in [0.1, 0.15) is 16.1 Å². The number of hydrogen-bond donors (Lipinski definition) is 1. The Kier molecular flexibility index (Phi) is 3.19. The van der Waals surface area contributed by atoms with Gasteiger partial charge in [0.2, 0.25) is 0 Å². The molecule has 0 aliphatic heterocycles. The Hall–Kier alpha value is -3.02. The van der Waals surface area contributed by atoms with E-state index in [9.17, 15) is 9.90 Å². The molecular weight excluding hydrogens is 268 g/mol. The molecule has 3 aromatic rings. The number of pyridine rings is 1. The second-order valence-corrected chi connectivity index (χ2v) is 4.56. The van der Waals surface area contributed by atoms with E-state index in [1.165, 1.54) is 0 Å². The van der Waals surface area contributed by atoms with Gasteiger partial charge in [-0.3, -0.25) is 4.40 Å². The molecule has 0 bridgehead atoms. The van der Waals surface area contributed by atoms with Crippen LogP contribution in [0.15, 0.2) is 58.9 Å². The summed E-state index contributed by atoms with van der Waals surface area (Å²) in [5, 5.41) is 17.4. The lowest BCUT2D eigenvalue weighted by Gasteiger charge is -1.97. The first-order valence-electron chi connectivity index (χ1n) is 6.34. The van der Waals surface area contributed by atoms with Gasteiger partial charge in [-0.1, -0.05) is 18.2 Å². The van der Waals surface area contributed by atoms with Crippen molar-refractivity contribution in [3.05, 3.63) is 59.9 Å². The van der Waals surface area contributed by atoms with E-state index in [4.69, 9.17) is 0 Å². The van der Waals surface area contributed by atoms with Crippen molar-refractivity contribution >= 4 is 23.1 Å². The molecule has 6 nitrogen and oxygen atoms in total. The molecule has 2 heterocycles. The summed E-state index contributed by atoms with van der Waals surface area (Å²) in [7, 11) is 0. The molecule has 0 aliphatic rings. The largest absolute Gasteiger partial charge is 0.476 e. The normalized spacial score (nSPS) is 11.3. The van der Waals surface area contributed by atoms with Gasteiger partial charge in [-0.15, -0.1) is 10.2 Å². The SMILES string of the molecule is Cc1ccn2c(N=Nc3ccccc3)c(C(=O)O)nc2c1. The van der Waals surface area contributed by atoms with Crippen LogP contribution in [0.25, 0.3) is 5.65 Å². The zero-order chi connectivity index (χ0) is 14.8. The molecule has 0 spiro atoms. The van der Waals surface area contributed by atoms with Crippen molar-refractivity contribution in [1.29, 1.82) is 0 Å². The van der Waals surface area contributed by atoms with Crippen LogP contribution in [-0.2, 0) is 0 Å². The molecule has 0 aliphatic carbocycles. The minimum absolute atomic E-state index is 0.111. The minimum Gasteiger partial charge on any atom is -0.476 e. The molecule has 104 valence electrons. The first-order chi connectivity index (χ1) is 10.1. The average molecular weight is 280 g/mol. The Balaban J connectivity index is 2.14. The zero-order valence-corrected chi connectivity index (χ0v) is 11.3. The predicted molar refractivity (Wildman–Crippen MR) is 77.5 cm³/mol. The number of nitrogens with zero attached hydrogens (tertiary/aromatic N) is 4. The number of carboxylic acids is 1. The van der Waals surface area contributed by atoms with E-state index in [1.807, 2.05) is 31.2 Å². The molecule has 0 fully saturated rings. The smallest absolute Gasteiger partial charge is 0.358 e. The Morgan fingerprint density at radius 2 is 1.95 bits per heavy atom. The molecule has 0 saturated carbocycles. The van der Waals surface area contributed by atoms with E-state index in [0.717, 1.165) is 5.56 Å². The number of azo groups is 1. The highest BCUT2D eigenvalue weighted by atomic mass is 16.4. The lowest BCUT2D eigenvalue weighted by molar-refractivity contribution is 0.0692. The Bertz CT molecular complexity index is 838. The Morgan fingerprint density at radius 1 is 1.19 bits per heavy atom. The van der Waals surface area contributed by atoms with Crippen LogP contribution >= 0.6 is 0 Å². The van der Waals surface area contributed by atoms with E-state index >= 15 is 0 Å². The molecule has 2 aromatic heterocycles. The van der Waals surface area contributed by atoms with E-state index in [1.54, 1.807) is 28.8 Å². The number of fused-ring (bicyclic) bond motifs is 1. The summed E-state index contributed by atoms with van der Waals surface area (Å²) in [5.41, 5.74) is 2.07. The fourth-order valence-electron chi connectivity index (χ4n) is 1.97. The van der Waals surface area contributed by atoms with E-state index in [2.05, 4.69) is 15.2 Å². The van der Waals surface area contributed by atoms with E-state index < -0.39 is 5.97 Å². The van der Waals surface area contributed by atoms with Crippen LogP contribution in [0.3, 0.4) is 0 Å². The summed E-state index contributed by atoms with van der Waals surface area (Å²) in [6.45, 7) is 1.92. The number of imidazole rings is 1. The maximum absolute atomic E-state index is 11.3. The predicted octanol–water partition coefficient (Wildman–Crippen LogP) is 3.76. The molecule has 3 rings (SSSR count). The Morgan fingerprint density at radius 3 is 2.67 bits per heavy atom. The summed E-state index contributed by atoms with van der Waals surface area (Å²) in [6, 6.07) is 12.8. The van der Waals surface area contributed by atoms with Crippen LogP contribution in [0.2, 0.25) is 0 Å². The Labute approximate surface area is 120 Å². The molecule has 1 N–H and O–H groups in total. The quantitative estimate of drug-likeness (QED) is 0.742. The molecule has 21 heavy (non-hydrogen) atoms. The number of rotatable bonds is 3. The van der Waals surface area contributed by atoms with Crippen LogP contribution in [-0.4, -0.2) is 20.5 Å². The third-order valence-electron chi connectivity index (χ3n) is 2.98. The molecule has 6 heteroatoms. The van der Waals surface area contributed by atoms with Gasteiger partial charge >= 0.3 is 5.97 Å². The van der Waals surface area contributed by atoms with Crippen molar-refractivity contribution in [2.45, 2.75) is 6.92 Å². The maximum Gasteiger partial charge on any atom is 0.358 e. The fraction of sp³-hybridized carbons (Fsp3) is 0.0667. The van der Waals surface area contributed by atoms with Gasteiger partial charge in [-0.05, 0) is 36.8 Å². The summed E-state index contributed by atoms with van der Waals surface area (Å²) in [4.78, 5) is 15.4. The van der Waals surface area contributed by atoms with E-state index in [-0.39, 0.29) is 11.5 Å². The van der Waals surface area contributed by atoms with Crippen molar-refractivity contribution in [1.82, 2.24) is 9.38 Å². The van der Waals surface area contributed by atoms with Crippen molar-refractivity contribution in [2.75, 3.05) is 0 Å². The number of hydrogen-bond acceptors (Lipinski definition) is 4. The van der Waals surface area contributed by atoms with Gasteiger partial charge in [-0.2, -0.15) is 0 Å². The highest BCUT2D eigenvalue weighted by Crippen LogP contribution is 2.24. The van der Waals surface area contributed by atoms with Crippen molar-refractivity contribution in [3.8, 4) is 0 Å². The highest BCUT2D eigenvalue weighted by Gasteiger charge is 2.18. The first-order valence-corrected chi connectivity index (χ1v) is 6.34. The molecule has 0 atom stereocenters. The topological polar surface area (TPSA) is 79.3 Å². The second-order valence-electron chi connectivity index (χ2n) is 4.56. The third kappa shape index (κ3) is 2.51. The molecule has 0 unspecified atom stereocenters. The second kappa shape index (κ2) is 5.16. The number of carbonyl (C=O) groups is 1. The molecule has 0 radical (unpaired) electrons. The summed E-state index contributed by atoms with van der Waals surface area (Å²) < 4.78 is 1.61. The van der Waals surface area contributed by atoms with Gasteiger partial charge in [0, 0.05) is 6.20 Å². The number of aromatic carboxylic acids is 1. The molecule has 0 saturated heterocycles. The standard InChI is InChI=1S/C15H12N4O2/c1-10-7-8-19-12(9-10)16-13(15(20)21)14(19)18-17-11-5-3-2-4-6-11/h2-9H,1H3,(H,20,21). The molecular formula is C15H12N4O2. The van der Waals surface area contributed by atoms with Crippen LogP contribution in [0, 0.1) is 6.92 Å². The van der Waals surface area contributed by atoms with Crippen LogP contribution < -0.4 is 0 Å². The highest BCUT2D eigenvalue weighted by molar-refractivity contribution is 5.91. The van der Waals surface area contributed by atoms with Crippen molar-refractivity contribution in [2.24, 2.45) is 10.2 Å². The van der Waals surface area contributed by atoms with Crippen molar-refractivity contribution in [3.63, 3.8) is 0 Å². The van der Waals surface area contributed by atoms with Gasteiger partial charge in [0.25, 0.3) is 0 Å². The summed E-state index contributed by atoms with van der Waals surface area (Å²) in [6.07, 6.45) is 1.74. The van der Waals surface area contributed by atoms with Gasteiger partial charge < -0.3 is 5.11 Å². The number of aryl methyl sites for hydroxylation is 1. The van der Waals surface area contributed by atoms with Gasteiger partial charge in [-0.25, -0.2) is 9.78 Å². The number of aromatic nitrogens is 2. The lowest BCUT2D eigenvalue weighted by Crippen LogP contribution is -1.96. The fourth-order valence-corrected chi connectivity index (χ4v) is 1.97. The van der Waals surface area contributed by atoms with Crippen LogP contribution in [0.4, 0.5) is 11.5 Å². The zero-order valence-electron chi connectivity index (χ0n) is 11.3. The maximum atomic E-state index is 11.3. The van der Waals surface area contributed by atoms with Gasteiger partial charge in [0.1, 0.15) is 5.65 Å². The lowest BCUT2D eigenvalue weighted by atomic mass is 10.3. The van der Waals surface area contributed by atoms with Gasteiger partial charge in [0.05, 0.1) is 5.69 Å². The monoisotopic (exact) mass is 280 g/mol. The molecule has 0 amide bonds. The summed E-state index contributed by atoms with van der Waals surface area (Å²) >= 11 is 0. The third-order valence-corrected chi connectivity index (χ3v) is 2.98. The molecule has 1 aromatic carbocycles. The van der Waals surface area contributed by atoms with Gasteiger partial charge in [0.15, 0.2) is 11.5 Å². The minimum atomic E-state index is -1.13. The summed E-state index contributed by atoms with van der Waals surface area (Å²) in [5.74, 6) is -0.917. The number of carboxylic acid groups (broad SMARTS) is 1. The van der Waals surface area contributed by atoms with Crippen LogP contribution in [0.5, 0.6) is 0 Å². The first kappa shape index (κ1) is 13.0. The van der Waals surface area contributed by atoms with E-state index in [0.29, 0.717) is 11.3 Å².